The molecule has 0 fully saturated rings. The molecule has 0 aliphatic rings. The molecule has 0 unspecified atom stereocenters. The van der Waals surface area contributed by atoms with Crippen LogP contribution in [0.1, 0.15) is 27.0 Å². The van der Waals surface area contributed by atoms with Gasteiger partial charge in [-0.05, 0) is 30.7 Å². The summed E-state index contributed by atoms with van der Waals surface area (Å²) in [7, 11) is 0. The Morgan fingerprint density at radius 1 is 0.913 bits per heavy atom. The van der Waals surface area contributed by atoms with Crippen LogP contribution in [0.15, 0.2) is 67.0 Å². The van der Waals surface area contributed by atoms with Gasteiger partial charge in [-0.2, -0.15) is 0 Å². The molecule has 0 aliphatic carbocycles. The second kappa shape index (κ2) is 6.72. The zero-order valence-electron chi connectivity index (χ0n) is 12.8. The topological polar surface area (TPSA) is 30.0 Å². The summed E-state index contributed by atoms with van der Waals surface area (Å²) in [6.07, 6.45) is 4.31. The van der Waals surface area contributed by atoms with Crippen LogP contribution in [-0.2, 0) is 0 Å². The first-order valence-electron chi connectivity index (χ1n) is 7.35. The predicted octanol–water partition coefficient (Wildman–Crippen LogP) is 4.27. The largest absolute Gasteiger partial charge is 0.298 e. The summed E-state index contributed by atoms with van der Waals surface area (Å²) >= 11 is 0. The third-order valence-corrected chi connectivity index (χ3v) is 3.59. The fourth-order valence-corrected chi connectivity index (χ4v) is 2.39. The van der Waals surface area contributed by atoms with E-state index in [2.05, 4.69) is 16.8 Å². The Kier molecular flexibility index (Phi) is 4.31. The van der Waals surface area contributed by atoms with Crippen molar-refractivity contribution in [2.45, 2.75) is 6.92 Å². The molecule has 0 saturated carbocycles. The van der Waals surface area contributed by atoms with Gasteiger partial charge in [0.25, 0.3) is 0 Å². The number of pyridine rings is 1. The Hall–Kier alpha value is -3.18. The summed E-state index contributed by atoms with van der Waals surface area (Å²) in [4.78, 5) is 15.4. The van der Waals surface area contributed by atoms with E-state index >= 15 is 0 Å². The molecule has 0 N–H and O–H groups in total. The predicted molar refractivity (Wildman–Crippen MR) is 92.2 cm³/mol. The maximum atomic E-state index is 11.4. The van der Waals surface area contributed by atoms with Gasteiger partial charge < -0.3 is 0 Å². The molecule has 0 atom stereocenters. The molecule has 1 heterocycles. The van der Waals surface area contributed by atoms with Crippen LogP contribution in [0.3, 0.4) is 0 Å². The highest BCUT2D eigenvalue weighted by molar-refractivity contribution is 5.90. The van der Waals surface area contributed by atoms with Gasteiger partial charge in [-0.3, -0.25) is 9.78 Å². The van der Waals surface area contributed by atoms with Gasteiger partial charge in [-0.1, -0.05) is 53.8 Å². The second-order valence-electron chi connectivity index (χ2n) is 5.24. The quantitative estimate of drug-likeness (QED) is 0.522. The molecule has 2 nitrogen and oxygen atoms in total. The van der Waals surface area contributed by atoms with Gasteiger partial charge in [0.2, 0.25) is 0 Å². The Morgan fingerprint density at radius 2 is 1.65 bits per heavy atom. The van der Waals surface area contributed by atoms with Gasteiger partial charge in [0.1, 0.15) is 0 Å². The van der Waals surface area contributed by atoms with Crippen molar-refractivity contribution in [3.8, 4) is 23.0 Å². The van der Waals surface area contributed by atoms with Crippen molar-refractivity contribution in [2.75, 3.05) is 0 Å². The van der Waals surface area contributed by atoms with Crippen LogP contribution in [0.5, 0.6) is 0 Å². The van der Waals surface area contributed by atoms with E-state index in [0.717, 1.165) is 28.5 Å². The lowest BCUT2D eigenvalue weighted by Crippen LogP contribution is -1.92. The molecule has 0 saturated heterocycles. The SMILES string of the molecule is Cc1ccc(-c2c(C#Cc3ccncc3)cccc2C=O)cc1. The van der Waals surface area contributed by atoms with Crippen LogP contribution in [0.25, 0.3) is 11.1 Å². The zero-order chi connectivity index (χ0) is 16.1. The molecule has 0 aliphatic heterocycles. The number of rotatable bonds is 2. The molecule has 0 bridgehead atoms. The highest BCUT2D eigenvalue weighted by atomic mass is 16.1. The minimum atomic E-state index is 0.649. The van der Waals surface area contributed by atoms with Crippen LogP contribution in [-0.4, -0.2) is 11.3 Å². The molecule has 3 rings (SSSR count). The number of carbonyl (C=O) groups is 1. The van der Waals surface area contributed by atoms with E-state index in [-0.39, 0.29) is 0 Å². The Bertz CT molecular complexity index is 885. The first-order chi connectivity index (χ1) is 11.3. The number of hydrogen-bond donors (Lipinski definition) is 0. The lowest BCUT2D eigenvalue weighted by Gasteiger charge is -2.08. The number of carbonyl (C=O) groups excluding carboxylic acids is 1. The summed E-state index contributed by atoms with van der Waals surface area (Å²) in [6.45, 7) is 2.04. The van der Waals surface area contributed by atoms with Crippen molar-refractivity contribution in [1.29, 1.82) is 0 Å². The van der Waals surface area contributed by atoms with Crippen LogP contribution < -0.4 is 0 Å². The average molecular weight is 297 g/mol. The third-order valence-electron chi connectivity index (χ3n) is 3.59. The highest BCUT2D eigenvalue weighted by Crippen LogP contribution is 2.27. The van der Waals surface area contributed by atoms with E-state index in [9.17, 15) is 4.79 Å². The number of benzene rings is 2. The molecule has 0 spiro atoms. The molecular weight excluding hydrogens is 282 g/mol. The molecule has 110 valence electrons. The summed E-state index contributed by atoms with van der Waals surface area (Å²) in [6, 6.07) is 17.5. The zero-order valence-corrected chi connectivity index (χ0v) is 12.8. The Labute approximate surface area is 135 Å². The third kappa shape index (κ3) is 3.36. The van der Waals surface area contributed by atoms with Gasteiger partial charge in [0.05, 0.1) is 0 Å². The van der Waals surface area contributed by atoms with E-state index in [1.165, 1.54) is 5.56 Å². The fraction of sp³-hybridized carbons (Fsp3) is 0.0476. The van der Waals surface area contributed by atoms with E-state index in [1.54, 1.807) is 12.4 Å². The maximum Gasteiger partial charge on any atom is 0.150 e. The van der Waals surface area contributed by atoms with Gasteiger partial charge in [-0.15, -0.1) is 0 Å². The highest BCUT2D eigenvalue weighted by Gasteiger charge is 2.08. The summed E-state index contributed by atoms with van der Waals surface area (Å²) < 4.78 is 0. The summed E-state index contributed by atoms with van der Waals surface area (Å²) in [5.41, 5.74) is 5.44. The Morgan fingerprint density at radius 3 is 2.35 bits per heavy atom. The van der Waals surface area contributed by atoms with E-state index < -0.39 is 0 Å². The molecule has 1 aromatic heterocycles. The van der Waals surface area contributed by atoms with E-state index in [0.29, 0.717) is 5.56 Å². The molecule has 0 radical (unpaired) electrons. The molecule has 0 amide bonds. The normalized spacial score (nSPS) is 9.78. The minimum absolute atomic E-state index is 0.649. The summed E-state index contributed by atoms with van der Waals surface area (Å²) in [5, 5.41) is 0. The Balaban J connectivity index is 2.13. The summed E-state index contributed by atoms with van der Waals surface area (Å²) in [5.74, 6) is 6.31. The lowest BCUT2D eigenvalue weighted by molar-refractivity contribution is 0.112. The molecular formula is C21H15NO. The van der Waals surface area contributed by atoms with Crippen molar-refractivity contribution in [1.82, 2.24) is 4.98 Å². The molecule has 3 aromatic rings. The number of aldehydes is 1. The standard InChI is InChI=1S/C21H15NO/c1-16-5-8-19(9-6-16)21-18(3-2-4-20(21)15-23)10-7-17-11-13-22-14-12-17/h2-6,8-9,11-15H,1H3. The maximum absolute atomic E-state index is 11.4. The minimum Gasteiger partial charge on any atom is -0.298 e. The number of hydrogen-bond acceptors (Lipinski definition) is 2. The smallest absolute Gasteiger partial charge is 0.150 e. The number of aryl methyl sites for hydroxylation is 1. The van der Waals surface area contributed by atoms with Crippen LogP contribution >= 0.6 is 0 Å². The second-order valence-corrected chi connectivity index (χ2v) is 5.24. The number of nitrogens with zero attached hydrogens (tertiary/aromatic N) is 1. The van der Waals surface area contributed by atoms with Crippen LogP contribution in [0, 0.1) is 18.8 Å². The van der Waals surface area contributed by atoms with Crippen molar-refractivity contribution >= 4 is 6.29 Å². The van der Waals surface area contributed by atoms with Crippen LogP contribution in [0.2, 0.25) is 0 Å². The van der Waals surface area contributed by atoms with Crippen molar-refractivity contribution in [3.63, 3.8) is 0 Å². The lowest BCUT2D eigenvalue weighted by atomic mass is 9.94. The van der Waals surface area contributed by atoms with Crippen molar-refractivity contribution < 1.29 is 4.79 Å². The molecule has 2 heteroatoms. The monoisotopic (exact) mass is 297 g/mol. The molecule has 2 aromatic carbocycles. The van der Waals surface area contributed by atoms with Crippen molar-refractivity contribution in [2.24, 2.45) is 0 Å². The van der Waals surface area contributed by atoms with Gasteiger partial charge >= 0.3 is 0 Å². The fourth-order valence-electron chi connectivity index (χ4n) is 2.39. The van der Waals surface area contributed by atoms with Crippen molar-refractivity contribution in [3.05, 3.63) is 89.2 Å². The van der Waals surface area contributed by atoms with Gasteiger partial charge in [-0.25, -0.2) is 0 Å². The first kappa shape index (κ1) is 14.7. The van der Waals surface area contributed by atoms with Gasteiger partial charge in [0, 0.05) is 34.6 Å². The van der Waals surface area contributed by atoms with E-state index in [4.69, 9.17) is 0 Å². The van der Waals surface area contributed by atoms with Gasteiger partial charge in [0.15, 0.2) is 6.29 Å². The average Bonchev–Trinajstić information content (AvgIpc) is 2.61. The first-order valence-corrected chi connectivity index (χ1v) is 7.35. The number of aromatic nitrogens is 1. The molecule has 23 heavy (non-hydrogen) atoms. The van der Waals surface area contributed by atoms with E-state index in [1.807, 2.05) is 61.5 Å². The van der Waals surface area contributed by atoms with Crippen LogP contribution in [0.4, 0.5) is 0 Å².